The first kappa shape index (κ1) is 22.3. The number of carbonyl (C=O) groups is 2. The first-order valence-electron chi connectivity index (χ1n) is 10.5. The van der Waals surface area contributed by atoms with Crippen molar-refractivity contribution in [1.82, 2.24) is 15.1 Å². The van der Waals surface area contributed by atoms with Gasteiger partial charge in [0, 0.05) is 40.6 Å². The van der Waals surface area contributed by atoms with Gasteiger partial charge in [-0.05, 0) is 48.2 Å². The van der Waals surface area contributed by atoms with Crippen LogP contribution in [0.2, 0.25) is 0 Å². The second kappa shape index (κ2) is 8.69. The predicted molar refractivity (Wildman–Crippen MR) is 127 cm³/mol. The standard InChI is InChI=1S/C24H19N3O5S2/c1-34(30,31)17-11-9-16(10-12-17)21-25-26-24(32-21)33-14-4-13-27-22(28)18-7-2-5-15-6-3-8-19(20(15)18)23(27)29/h2-3,5-12H,4,13-14H2,1H3. The number of hydrogen-bond donors (Lipinski definition) is 0. The Hall–Kier alpha value is -3.50. The fourth-order valence-electron chi connectivity index (χ4n) is 3.90. The van der Waals surface area contributed by atoms with E-state index in [0.29, 0.717) is 39.5 Å². The van der Waals surface area contributed by atoms with Crippen molar-refractivity contribution in [3.63, 3.8) is 0 Å². The zero-order valence-corrected chi connectivity index (χ0v) is 19.7. The first-order valence-corrected chi connectivity index (χ1v) is 13.4. The molecule has 1 aliphatic heterocycles. The van der Waals surface area contributed by atoms with E-state index in [1.807, 2.05) is 24.3 Å². The topological polar surface area (TPSA) is 110 Å². The molecule has 0 fully saturated rings. The number of rotatable bonds is 7. The molecule has 172 valence electrons. The molecule has 1 aromatic heterocycles. The minimum absolute atomic E-state index is 0.214. The molecule has 0 spiro atoms. The van der Waals surface area contributed by atoms with Crippen molar-refractivity contribution < 1.29 is 22.4 Å². The Morgan fingerprint density at radius 3 is 2.18 bits per heavy atom. The second-order valence-electron chi connectivity index (χ2n) is 7.84. The summed E-state index contributed by atoms with van der Waals surface area (Å²) in [7, 11) is -3.28. The van der Waals surface area contributed by atoms with Gasteiger partial charge >= 0.3 is 0 Å². The van der Waals surface area contributed by atoms with Crippen molar-refractivity contribution in [1.29, 1.82) is 0 Å². The van der Waals surface area contributed by atoms with Crippen LogP contribution in [0, 0.1) is 0 Å². The maximum Gasteiger partial charge on any atom is 0.276 e. The smallest absolute Gasteiger partial charge is 0.276 e. The number of thioether (sulfide) groups is 1. The highest BCUT2D eigenvalue weighted by Gasteiger charge is 2.32. The van der Waals surface area contributed by atoms with Crippen molar-refractivity contribution in [2.75, 3.05) is 18.6 Å². The number of benzene rings is 3. The lowest BCUT2D eigenvalue weighted by molar-refractivity contribution is 0.0611. The van der Waals surface area contributed by atoms with Gasteiger partial charge in [-0.25, -0.2) is 8.42 Å². The van der Waals surface area contributed by atoms with Gasteiger partial charge in [0.2, 0.25) is 5.89 Å². The van der Waals surface area contributed by atoms with Crippen LogP contribution in [0.3, 0.4) is 0 Å². The molecule has 34 heavy (non-hydrogen) atoms. The summed E-state index contributed by atoms with van der Waals surface area (Å²) in [6.45, 7) is 0.281. The summed E-state index contributed by atoms with van der Waals surface area (Å²) in [5.41, 5.74) is 1.71. The lowest BCUT2D eigenvalue weighted by atomic mass is 9.94. The van der Waals surface area contributed by atoms with Gasteiger partial charge in [0.05, 0.1) is 4.90 Å². The third kappa shape index (κ3) is 4.10. The van der Waals surface area contributed by atoms with Gasteiger partial charge in [-0.3, -0.25) is 14.5 Å². The Balaban J connectivity index is 1.21. The summed E-state index contributed by atoms with van der Waals surface area (Å²) in [6.07, 6.45) is 1.70. The van der Waals surface area contributed by atoms with Gasteiger partial charge in [-0.1, -0.05) is 36.0 Å². The zero-order chi connectivity index (χ0) is 23.9. The van der Waals surface area contributed by atoms with Crippen molar-refractivity contribution in [2.24, 2.45) is 0 Å². The summed E-state index contributed by atoms with van der Waals surface area (Å²) >= 11 is 1.33. The summed E-state index contributed by atoms with van der Waals surface area (Å²) in [5.74, 6) is 0.292. The van der Waals surface area contributed by atoms with Crippen LogP contribution >= 0.6 is 11.8 Å². The highest BCUT2D eigenvalue weighted by molar-refractivity contribution is 7.99. The average Bonchev–Trinajstić information content (AvgIpc) is 3.30. The Kier molecular flexibility index (Phi) is 5.70. The largest absolute Gasteiger partial charge is 0.411 e. The molecule has 10 heteroatoms. The molecule has 0 atom stereocenters. The number of carbonyl (C=O) groups excluding carboxylic acids is 2. The molecule has 0 bridgehead atoms. The Morgan fingerprint density at radius 1 is 0.912 bits per heavy atom. The van der Waals surface area contributed by atoms with Gasteiger partial charge in [0.1, 0.15) is 0 Å². The summed E-state index contributed by atoms with van der Waals surface area (Å²) in [4.78, 5) is 27.4. The molecule has 0 saturated heterocycles. The highest BCUT2D eigenvalue weighted by atomic mass is 32.2. The molecule has 0 N–H and O–H groups in total. The van der Waals surface area contributed by atoms with Crippen molar-refractivity contribution >= 4 is 44.2 Å². The maximum absolute atomic E-state index is 12.9. The lowest BCUT2D eigenvalue weighted by Gasteiger charge is -2.27. The first-order chi connectivity index (χ1) is 16.3. The van der Waals surface area contributed by atoms with E-state index in [9.17, 15) is 18.0 Å². The van der Waals surface area contributed by atoms with Crippen LogP contribution in [0.15, 0.2) is 75.2 Å². The molecule has 4 aromatic rings. The van der Waals surface area contributed by atoms with Gasteiger partial charge in [0.25, 0.3) is 17.0 Å². The van der Waals surface area contributed by atoms with E-state index >= 15 is 0 Å². The number of aromatic nitrogens is 2. The molecule has 0 radical (unpaired) electrons. The van der Waals surface area contributed by atoms with E-state index in [1.54, 1.807) is 24.3 Å². The molecule has 0 saturated carbocycles. The fraction of sp³-hybridized carbons (Fsp3) is 0.167. The van der Waals surface area contributed by atoms with Gasteiger partial charge in [0.15, 0.2) is 9.84 Å². The van der Waals surface area contributed by atoms with Crippen LogP contribution in [0.5, 0.6) is 0 Å². The van der Waals surface area contributed by atoms with E-state index in [4.69, 9.17) is 4.42 Å². The molecular weight excluding hydrogens is 474 g/mol. The Bertz CT molecular complexity index is 1480. The quantitative estimate of drug-likeness (QED) is 0.215. The van der Waals surface area contributed by atoms with Crippen LogP contribution in [-0.4, -0.2) is 53.9 Å². The third-order valence-corrected chi connectivity index (χ3v) is 7.58. The molecule has 5 rings (SSSR count). The van der Waals surface area contributed by atoms with Gasteiger partial charge < -0.3 is 4.42 Å². The normalized spacial score (nSPS) is 13.6. The zero-order valence-electron chi connectivity index (χ0n) is 18.1. The van der Waals surface area contributed by atoms with E-state index in [0.717, 1.165) is 11.6 Å². The van der Waals surface area contributed by atoms with Gasteiger partial charge in [-0.15, -0.1) is 10.2 Å². The van der Waals surface area contributed by atoms with E-state index in [-0.39, 0.29) is 29.1 Å². The number of sulfone groups is 1. The highest BCUT2D eigenvalue weighted by Crippen LogP contribution is 2.30. The van der Waals surface area contributed by atoms with E-state index in [2.05, 4.69) is 10.2 Å². The van der Waals surface area contributed by atoms with Crippen molar-refractivity contribution in [3.05, 3.63) is 71.8 Å². The number of hydrogen-bond acceptors (Lipinski definition) is 8. The minimum atomic E-state index is -3.28. The number of amides is 2. The summed E-state index contributed by atoms with van der Waals surface area (Å²) in [6, 6.07) is 17.2. The molecule has 8 nitrogen and oxygen atoms in total. The fourth-order valence-corrected chi connectivity index (χ4v) is 5.21. The van der Waals surface area contributed by atoms with E-state index < -0.39 is 9.84 Å². The number of imide groups is 1. The average molecular weight is 494 g/mol. The second-order valence-corrected chi connectivity index (χ2v) is 10.9. The molecular formula is C24H19N3O5S2. The third-order valence-electron chi connectivity index (χ3n) is 5.54. The Labute approximate surface area is 199 Å². The van der Waals surface area contributed by atoms with Crippen LogP contribution in [0.1, 0.15) is 27.1 Å². The van der Waals surface area contributed by atoms with Crippen LogP contribution in [-0.2, 0) is 9.84 Å². The summed E-state index contributed by atoms with van der Waals surface area (Å²) < 4.78 is 28.8. The SMILES string of the molecule is CS(=O)(=O)c1ccc(-c2nnc(SCCCN3C(=O)c4cccc5cccc(c45)C3=O)o2)cc1. The van der Waals surface area contributed by atoms with Crippen LogP contribution in [0.4, 0.5) is 0 Å². The molecule has 2 heterocycles. The Morgan fingerprint density at radius 2 is 1.56 bits per heavy atom. The molecule has 1 aliphatic rings. The molecule has 0 aliphatic carbocycles. The van der Waals surface area contributed by atoms with Crippen molar-refractivity contribution in [3.8, 4) is 11.5 Å². The molecule has 3 aromatic carbocycles. The van der Waals surface area contributed by atoms with Gasteiger partial charge in [-0.2, -0.15) is 0 Å². The predicted octanol–water partition coefficient (Wildman–Crippen LogP) is 4.07. The minimum Gasteiger partial charge on any atom is -0.411 e. The van der Waals surface area contributed by atoms with Crippen molar-refractivity contribution in [2.45, 2.75) is 16.5 Å². The number of nitrogens with zero attached hydrogens (tertiary/aromatic N) is 3. The molecule has 0 unspecified atom stereocenters. The summed E-state index contributed by atoms with van der Waals surface area (Å²) in [5, 5.41) is 9.98. The molecule has 2 amide bonds. The van der Waals surface area contributed by atoms with Crippen LogP contribution in [0.25, 0.3) is 22.2 Å². The monoisotopic (exact) mass is 493 g/mol. The van der Waals surface area contributed by atoms with Crippen LogP contribution < -0.4 is 0 Å². The maximum atomic E-state index is 12.9. The van der Waals surface area contributed by atoms with E-state index in [1.165, 1.54) is 28.8 Å². The lowest BCUT2D eigenvalue weighted by Crippen LogP contribution is -2.41.